The van der Waals surface area contributed by atoms with E-state index in [1.54, 1.807) is 13.8 Å². The predicted octanol–water partition coefficient (Wildman–Crippen LogP) is 2.92. The van der Waals surface area contributed by atoms with E-state index in [-0.39, 0.29) is 55.0 Å². The molecule has 7 rings (SSSR count). The third-order valence-corrected chi connectivity index (χ3v) is 15.9. The number of aliphatic hydroxyl groups is 6. The summed E-state index contributed by atoms with van der Waals surface area (Å²) in [5, 5.41) is 78.3. The summed E-state index contributed by atoms with van der Waals surface area (Å²) in [7, 11) is 0. The summed E-state index contributed by atoms with van der Waals surface area (Å²) in [5.41, 5.74) is 3.44. The third-order valence-electron chi connectivity index (χ3n) is 15.9. The molecule has 0 amide bonds. The van der Waals surface area contributed by atoms with Crippen LogP contribution < -0.4 is 16.4 Å². The number of rotatable bonds is 10. The zero-order chi connectivity index (χ0) is 38.1. The second kappa shape index (κ2) is 14.6. The van der Waals surface area contributed by atoms with Crippen LogP contribution in [0, 0.1) is 46.3 Å². The summed E-state index contributed by atoms with van der Waals surface area (Å²) in [6.07, 6.45) is 9.56. The van der Waals surface area contributed by atoms with E-state index in [0.717, 1.165) is 37.7 Å². The van der Waals surface area contributed by atoms with Crippen molar-refractivity contribution < 1.29 is 40.2 Å². The van der Waals surface area contributed by atoms with E-state index in [4.69, 9.17) is 10.5 Å². The van der Waals surface area contributed by atoms with Gasteiger partial charge in [-0.05, 0) is 130 Å². The second-order valence-electron chi connectivity index (χ2n) is 18.7. The maximum atomic E-state index is 15.1. The molecule has 15 atom stereocenters. The number of fused-ring (bicyclic) bond motifs is 5. The molecule has 0 radical (unpaired) electrons. The first-order valence-corrected chi connectivity index (χ1v) is 20.8. The van der Waals surface area contributed by atoms with Crippen molar-refractivity contribution in [3.05, 3.63) is 35.2 Å². The van der Waals surface area contributed by atoms with Crippen LogP contribution in [0.4, 0.5) is 0 Å². The molecular weight excluding hydrogens is 674 g/mol. The van der Waals surface area contributed by atoms with Gasteiger partial charge in [-0.1, -0.05) is 39.2 Å². The molecule has 11 nitrogen and oxygen atoms in total. The van der Waals surface area contributed by atoms with Gasteiger partial charge in [-0.2, -0.15) is 0 Å². The van der Waals surface area contributed by atoms with Gasteiger partial charge in [-0.3, -0.25) is 4.79 Å². The van der Waals surface area contributed by atoms with E-state index in [1.807, 2.05) is 18.4 Å². The van der Waals surface area contributed by atoms with Crippen molar-refractivity contribution in [2.24, 2.45) is 52.1 Å². The molecule has 298 valence electrons. The van der Waals surface area contributed by atoms with Crippen LogP contribution in [0.1, 0.15) is 111 Å². The highest BCUT2D eigenvalue weighted by atomic mass is 16.5. The smallest absolute Gasteiger partial charge is 0.182 e. The van der Waals surface area contributed by atoms with Crippen LogP contribution >= 0.6 is 0 Å². The molecule has 1 saturated heterocycles. The number of hydrogen-bond acceptors (Lipinski definition) is 11. The number of allylic oxidation sites excluding steroid dienone is 3. The Morgan fingerprint density at radius 2 is 1.81 bits per heavy atom. The van der Waals surface area contributed by atoms with E-state index in [1.165, 1.54) is 0 Å². The number of hydrogen-bond donors (Lipinski definition) is 9. The minimum absolute atomic E-state index is 0.0537. The summed E-state index contributed by atoms with van der Waals surface area (Å²) >= 11 is 0. The summed E-state index contributed by atoms with van der Waals surface area (Å²) in [4.78, 5) is 15.1. The lowest BCUT2D eigenvalue weighted by atomic mass is 9.41. The predicted molar refractivity (Wildman–Crippen MR) is 201 cm³/mol. The number of ketones is 1. The molecule has 7 aliphatic rings. The fourth-order valence-electron chi connectivity index (χ4n) is 13.0. The number of nitrogens with two attached hydrogens (primary N) is 1. The Morgan fingerprint density at radius 1 is 1.08 bits per heavy atom. The van der Waals surface area contributed by atoms with E-state index in [9.17, 15) is 30.6 Å². The minimum Gasteiger partial charge on any atom is -0.392 e. The molecular formula is C42H67N3O8. The average Bonchev–Trinajstić information content (AvgIpc) is 3.64. The number of nitrogens with one attached hydrogen (secondary N) is 2. The maximum Gasteiger partial charge on any atom is 0.182 e. The Labute approximate surface area is 315 Å². The maximum absolute atomic E-state index is 15.1. The molecule has 2 aliphatic heterocycles. The van der Waals surface area contributed by atoms with Crippen LogP contribution in [-0.4, -0.2) is 97.5 Å². The SMILES string of the molecule is C[C@@H]1[C@H]([C@@H](O)[C@](C)(O)[C@H]2CC[C@@]3(O)C4=C(NC[C@H](C)O)C(=O)[C@@H]5C[C@@H](O)[C@@H](O)C[C@]5(CCC5=CNC(N)C=C5)[C@H]4CC[C@]23C2CCCCC2)OC[C@H]1C. The molecule has 2 heterocycles. The van der Waals surface area contributed by atoms with Crippen molar-refractivity contribution in [3.8, 4) is 0 Å². The van der Waals surface area contributed by atoms with Crippen molar-refractivity contribution in [2.45, 2.75) is 159 Å². The number of ether oxygens (including phenoxy) is 1. The van der Waals surface area contributed by atoms with Gasteiger partial charge < -0.3 is 51.7 Å². The number of aliphatic hydroxyl groups excluding tert-OH is 4. The number of carbonyl (C=O) groups is 1. The molecule has 5 aliphatic carbocycles. The van der Waals surface area contributed by atoms with Gasteiger partial charge in [0.15, 0.2) is 5.78 Å². The minimum atomic E-state index is -1.58. The first kappa shape index (κ1) is 39.4. The molecule has 0 aromatic rings. The average molecular weight is 742 g/mol. The summed E-state index contributed by atoms with van der Waals surface area (Å²) in [6.45, 7) is 8.23. The molecule has 5 fully saturated rings. The Kier molecular flexibility index (Phi) is 10.9. The van der Waals surface area contributed by atoms with E-state index < -0.39 is 64.4 Å². The van der Waals surface area contributed by atoms with Crippen molar-refractivity contribution >= 4 is 5.78 Å². The topological polar surface area (TPSA) is 198 Å². The highest BCUT2D eigenvalue weighted by molar-refractivity contribution is 6.00. The van der Waals surface area contributed by atoms with E-state index in [2.05, 4.69) is 24.5 Å². The molecule has 10 N–H and O–H groups in total. The van der Waals surface area contributed by atoms with Gasteiger partial charge in [0, 0.05) is 30.7 Å². The summed E-state index contributed by atoms with van der Waals surface area (Å²) in [6, 6.07) is 0. The molecule has 1 unspecified atom stereocenters. The fraction of sp³-hybridized carbons (Fsp3) is 0.833. The molecule has 0 spiro atoms. The van der Waals surface area contributed by atoms with E-state index >= 15 is 4.79 Å². The fourth-order valence-corrected chi connectivity index (χ4v) is 13.0. The zero-order valence-electron chi connectivity index (χ0n) is 32.3. The number of Topliss-reactive ketones (excluding diaryl/α,β-unsaturated/α-hetero) is 1. The molecule has 53 heavy (non-hydrogen) atoms. The van der Waals surface area contributed by atoms with Crippen molar-refractivity contribution in [1.82, 2.24) is 10.6 Å². The van der Waals surface area contributed by atoms with Gasteiger partial charge >= 0.3 is 0 Å². The third kappa shape index (κ3) is 6.28. The number of carbonyl (C=O) groups excluding carboxylic acids is 1. The molecule has 0 aromatic carbocycles. The van der Waals surface area contributed by atoms with Crippen LogP contribution in [0.2, 0.25) is 0 Å². The standard InChI is InChI=1S/C42H67N3O8/c1-23-22-53-37(25(23)3)38(50)39(4,51)32-14-17-42(52)34-28(13-16-41(32,42)27-8-6-5-7-9-27)40(15-12-26-10-11-33(43)44-21-26)19-31(48)30(47)18-29(40)36(49)35(34)45-20-24(2)46/h10-11,21,23-25,27-33,37-38,44-48,50-52H,5-9,12-20,22,43H2,1-4H3/t23-,24+,25+,28+,29+,30-,31+,32-,33?,37-,38-,39-,40-,41+,42-/m1/s1. The number of dihydropyridines is 1. The van der Waals surface area contributed by atoms with Crippen LogP contribution in [0.25, 0.3) is 0 Å². The van der Waals surface area contributed by atoms with Crippen molar-refractivity contribution in [3.63, 3.8) is 0 Å². The van der Waals surface area contributed by atoms with Crippen LogP contribution in [-0.2, 0) is 9.53 Å². The molecule has 11 heteroatoms. The van der Waals surface area contributed by atoms with Crippen LogP contribution in [0.15, 0.2) is 35.2 Å². The molecule has 4 saturated carbocycles. The summed E-state index contributed by atoms with van der Waals surface area (Å²) in [5.74, 6) is -1.16. The Morgan fingerprint density at radius 3 is 2.45 bits per heavy atom. The highest BCUT2D eigenvalue weighted by Gasteiger charge is 2.74. The first-order chi connectivity index (χ1) is 25.1. The van der Waals surface area contributed by atoms with Crippen LogP contribution in [0.5, 0.6) is 0 Å². The van der Waals surface area contributed by atoms with Gasteiger partial charge in [-0.25, -0.2) is 0 Å². The lowest BCUT2D eigenvalue weighted by Crippen LogP contribution is -2.68. The van der Waals surface area contributed by atoms with Crippen LogP contribution in [0.3, 0.4) is 0 Å². The summed E-state index contributed by atoms with van der Waals surface area (Å²) < 4.78 is 6.14. The van der Waals surface area contributed by atoms with Gasteiger partial charge in [0.05, 0.1) is 47.5 Å². The Bertz CT molecular complexity index is 1470. The second-order valence-corrected chi connectivity index (χ2v) is 18.7. The van der Waals surface area contributed by atoms with Crippen molar-refractivity contribution in [2.75, 3.05) is 13.2 Å². The van der Waals surface area contributed by atoms with E-state index in [0.29, 0.717) is 56.4 Å². The van der Waals surface area contributed by atoms with Gasteiger partial charge in [0.2, 0.25) is 0 Å². The highest BCUT2D eigenvalue weighted by Crippen LogP contribution is 2.73. The molecule has 0 bridgehead atoms. The monoisotopic (exact) mass is 741 g/mol. The van der Waals surface area contributed by atoms with Gasteiger partial charge in [0.1, 0.15) is 6.10 Å². The van der Waals surface area contributed by atoms with Gasteiger partial charge in [-0.15, -0.1) is 0 Å². The Hall–Kier alpha value is -1.83. The lowest BCUT2D eigenvalue weighted by Gasteiger charge is -2.65. The van der Waals surface area contributed by atoms with Gasteiger partial charge in [0.25, 0.3) is 0 Å². The largest absolute Gasteiger partial charge is 0.392 e. The normalized spacial score (nSPS) is 45.4. The quantitative estimate of drug-likeness (QED) is 0.160. The Balaban J connectivity index is 1.37. The zero-order valence-corrected chi connectivity index (χ0v) is 32.3. The molecule has 0 aromatic heterocycles. The van der Waals surface area contributed by atoms with Crippen molar-refractivity contribution in [1.29, 1.82) is 0 Å². The lowest BCUT2D eigenvalue weighted by molar-refractivity contribution is -0.218. The first-order valence-electron chi connectivity index (χ1n) is 20.8.